The minimum Gasteiger partial charge on any atom is -0.476 e. The summed E-state index contributed by atoms with van der Waals surface area (Å²) in [6.07, 6.45) is 0.0720. The molecule has 0 spiro atoms. The zero-order valence-electron chi connectivity index (χ0n) is 8.71. The summed E-state index contributed by atoms with van der Waals surface area (Å²) in [4.78, 5) is 11.2. The van der Waals surface area contributed by atoms with Crippen molar-refractivity contribution in [3.05, 3.63) is 0 Å². The largest absolute Gasteiger partial charge is 0.476 e. The van der Waals surface area contributed by atoms with E-state index < -0.39 is 4.75 Å². The summed E-state index contributed by atoms with van der Waals surface area (Å²) >= 11 is 6.28. The van der Waals surface area contributed by atoms with E-state index in [1.54, 1.807) is 6.92 Å². The molecule has 13 heavy (non-hydrogen) atoms. The number of ketones is 1. The third-order valence-electron chi connectivity index (χ3n) is 1.52. The van der Waals surface area contributed by atoms with Crippen molar-refractivity contribution in [2.45, 2.75) is 45.5 Å². The Balaban J connectivity index is 4.12. The van der Waals surface area contributed by atoms with E-state index >= 15 is 0 Å². The van der Waals surface area contributed by atoms with E-state index in [2.05, 4.69) is 0 Å². The first-order valence-corrected chi connectivity index (χ1v) is 5.39. The van der Waals surface area contributed by atoms with E-state index in [0.29, 0.717) is 4.38 Å². The molecule has 0 unspecified atom stereocenters. The van der Waals surface area contributed by atoms with Crippen molar-refractivity contribution >= 4 is 34.1 Å². The van der Waals surface area contributed by atoms with Crippen molar-refractivity contribution in [3.63, 3.8) is 0 Å². The average molecular weight is 220 g/mol. The van der Waals surface area contributed by atoms with Crippen LogP contribution < -0.4 is 0 Å². The van der Waals surface area contributed by atoms with E-state index in [4.69, 9.17) is 17.0 Å². The van der Waals surface area contributed by atoms with Gasteiger partial charge in [0.25, 0.3) is 0 Å². The molecule has 0 saturated heterocycles. The predicted octanol–water partition coefficient (Wildman–Crippen LogP) is 2.80. The van der Waals surface area contributed by atoms with Crippen LogP contribution in [-0.2, 0) is 9.53 Å². The Morgan fingerprint density at radius 2 is 1.92 bits per heavy atom. The van der Waals surface area contributed by atoms with Gasteiger partial charge in [0, 0.05) is 0 Å². The third kappa shape index (κ3) is 5.26. The summed E-state index contributed by atoms with van der Waals surface area (Å²) in [6.45, 7) is 9.07. The lowest BCUT2D eigenvalue weighted by Crippen LogP contribution is -2.27. The highest BCUT2D eigenvalue weighted by molar-refractivity contribution is 8.23. The number of thioether (sulfide) groups is 1. The van der Waals surface area contributed by atoms with E-state index in [0.717, 1.165) is 0 Å². The van der Waals surface area contributed by atoms with Gasteiger partial charge in [0.05, 0.1) is 10.9 Å². The molecule has 76 valence electrons. The second kappa shape index (κ2) is 4.96. The SMILES string of the molecule is CC(=O)C(C)(C)SC(=S)OC(C)C. The van der Waals surface area contributed by atoms with Crippen molar-refractivity contribution in [3.8, 4) is 0 Å². The van der Waals surface area contributed by atoms with Crippen LogP contribution in [-0.4, -0.2) is 21.0 Å². The molecule has 0 aromatic heterocycles. The molecule has 0 fully saturated rings. The number of hydrogen-bond donors (Lipinski definition) is 0. The molecule has 0 radical (unpaired) electrons. The Morgan fingerprint density at radius 1 is 1.46 bits per heavy atom. The maximum absolute atomic E-state index is 11.2. The number of thiocarbonyl (C=S) groups is 1. The summed E-state index contributed by atoms with van der Waals surface area (Å²) in [5.41, 5.74) is 0. The van der Waals surface area contributed by atoms with Gasteiger partial charge in [-0.2, -0.15) is 0 Å². The molecule has 0 rings (SSSR count). The highest BCUT2D eigenvalue weighted by atomic mass is 32.2. The third-order valence-corrected chi connectivity index (χ3v) is 2.93. The molecule has 0 aromatic rings. The quantitative estimate of drug-likeness (QED) is 0.683. The number of ether oxygens (including phenoxy) is 1. The van der Waals surface area contributed by atoms with Gasteiger partial charge >= 0.3 is 0 Å². The van der Waals surface area contributed by atoms with Crippen LogP contribution in [0.3, 0.4) is 0 Å². The molecule has 0 aliphatic heterocycles. The minimum atomic E-state index is -0.480. The number of rotatable bonds is 3. The Hall–Kier alpha value is -0.0900. The van der Waals surface area contributed by atoms with Crippen LogP contribution in [0, 0.1) is 0 Å². The molecule has 0 amide bonds. The van der Waals surface area contributed by atoms with Crippen molar-refractivity contribution < 1.29 is 9.53 Å². The molecule has 0 aliphatic rings. The van der Waals surface area contributed by atoms with E-state index in [-0.39, 0.29) is 11.9 Å². The van der Waals surface area contributed by atoms with E-state index in [1.165, 1.54) is 11.8 Å². The predicted molar refractivity (Wildman–Crippen MR) is 61.2 cm³/mol. The maximum Gasteiger partial charge on any atom is 0.221 e. The van der Waals surface area contributed by atoms with Crippen molar-refractivity contribution in [1.29, 1.82) is 0 Å². The van der Waals surface area contributed by atoms with Crippen LogP contribution in [0.5, 0.6) is 0 Å². The summed E-state index contributed by atoms with van der Waals surface area (Å²) in [5, 5.41) is 0. The number of hydrogen-bond acceptors (Lipinski definition) is 4. The van der Waals surface area contributed by atoms with E-state index in [1.807, 2.05) is 27.7 Å². The van der Waals surface area contributed by atoms with Crippen LogP contribution in [0.15, 0.2) is 0 Å². The van der Waals surface area contributed by atoms with Crippen LogP contribution in [0.4, 0.5) is 0 Å². The number of Topliss-reactive ketones (excluding diaryl/α,β-unsaturated/α-hetero) is 1. The van der Waals surface area contributed by atoms with Gasteiger partial charge in [0.1, 0.15) is 5.78 Å². The van der Waals surface area contributed by atoms with Gasteiger partial charge in [-0.25, -0.2) is 0 Å². The fraction of sp³-hybridized carbons (Fsp3) is 0.778. The van der Waals surface area contributed by atoms with Crippen LogP contribution in [0.25, 0.3) is 0 Å². The van der Waals surface area contributed by atoms with Gasteiger partial charge in [0.2, 0.25) is 4.38 Å². The van der Waals surface area contributed by atoms with Crippen LogP contribution in [0.2, 0.25) is 0 Å². The first-order chi connectivity index (χ1) is 5.75. The van der Waals surface area contributed by atoms with Gasteiger partial charge in [-0.05, 0) is 46.8 Å². The number of carbonyl (C=O) groups excluding carboxylic acids is 1. The van der Waals surface area contributed by atoms with Gasteiger partial charge in [-0.15, -0.1) is 0 Å². The van der Waals surface area contributed by atoms with E-state index in [9.17, 15) is 4.79 Å². The normalized spacial score (nSPS) is 11.5. The first-order valence-electron chi connectivity index (χ1n) is 4.16. The Kier molecular flexibility index (Phi) is 4.92. The van der Waals surface area contributed by atoms with Crippen molar-refractivity contribution in [2.24, 2.45) is 0 Å². The standard InChI is InChI=1S/C9H16O2S2/c1-6(2)11-8(12)13-9(4,5)7(3)10/h6H,1-5H3. The summed E-state index contributed by atoms with van der Waals surface area (Å²) < 4.78 is 5.24. The smallest absolute Gasteiger partial charge is 0.221 e. The molecule has 0 N–H and O–H groups in total. The minimum absolute atomic E-state index is 0.0720. The molecule has 0 aromatic carbocycles. The molecular weight excluding hydrogens is 204 g/mol. The zero-order valence-corrected chi connectivity index (χ0v) is 10.3. The monoisotopic (exact) mass is 220 g/mol. The lowest BCUT2D eigenvalue weighted by Gasteiger charge is -2.21. The molecule has 0 heterocycles. The van der Waals surface area contributed by atoms with Gasteiger partial charge in [-0.1, -0.05) is 11.8 Å². The van der Waals surface area contributed by atoms with Gasteiger partial charge in [-0.3, -0.25) is 4.79 Å². The molecule has 0 saturated carbocycles. The average Bonchev–Trinajstić information content (AvgIpc) is 1.82. The molecule has 0 atom stereocenters. The zero-order chi connectivity index (χ0) is 10.6. The second-order valence-electron chi connectivity index (χ2n) is 3.59. The first kappa shape index (κ1) is 12.9. The summed E-state index contributed by atoms with van der Waals surface area (Å²) in [7, 11) is 0. The molecule has 4 heteroatoms. The Labute approximate surface area is 89.4 Å². The van der Waals surface area contributed by atoms with Gasteiger partial charge < -0.3 is 4.74 Å². The van der Waals surface area contributed by atoms with Crippen LogP contribution in [0.1, 0.15) is 34.6 Å². The lowest BCUT2D eigenvalue weighted by atomic mass is 10.1. The van der Waals surface area contributed by atoms with Gasteiger partial charge in [0.15, 0.2) is 0 Å². The second-order valence-corrected chi connectivity index (χ2v) is 5.81. The highest BCUT2D eigenvalue weighted by Gasteiger charge is 2.27. The summed E-state index contributed by atoms with van der Waals surface area (Å²) in [5.74, 6) is 0.104. The Bertz CT molecular complexity index is 210. The maximum atomic E-state index is 11.2. The lowest BCUT2D eigenvalue weighted by molar-refractivity contribution is -0.118. The molecule has 0 aliphatic carbocycles. The fourth-order valence-corrected chi connectivity index (χ4v) is 2.12. The molecule has 0 bridgehead atoms. The van der Waals surface area contributed by atoms with Crippen molar-refractivity contribution in [2.75, 3.05) is 0 Å². The summed E-state index contributed by atoms with van der Waals surface area (Å²) in [6, 6.07) is 0. The van der Waals surface area contributed by atoms with Crippen molar-refractivity contribution in [1.82, 2.24) is 0 Å². The van der Waals surface area contributed by atoms with Crippen LogP contribution >= 0.6 is 24.0 Å². The highest BCUT2D eigenvalue weighted by Crippen LogP contribution is 2.27. The number of carbonyl (C=O) groups is 1. The molecule has 2 nitrogen and oxygen atoms in total. The molecular formula is C9H16O2S2. The Morgan fingerprint density at radius 3 is 2.23 bits per heavy atom. The topological polar surface area (TPSA) is 26.3 Å². The fourth-order valence-electron chi connectivity index (χ4n) is 0.497.